The van der Waals surface area contributed by atoms with Crippen LogP contribution >= 0.6 is 0 Å². The molecule has 0 aromatic carbocycles. The van der Waals surface area contributed by atoms with Crippen molar-refractivity contribution in [2.75, 3.05) is 12.4 Å². The number of ether oxygens (including phenoxy) is 1. The molecule has 166 valence electrons. The first-order valence-electron chi connectivity index (χ1n) is 10.6. The summed E-state index contributed by atoms with van der Waals surface area (Å²) >= 11 is 0. The number of esters is 1. The van der Waals surface area contributed by atoms with Crippen molar-refractivity contribution in [3.63, 3.8) is 0 Å². The van der Waals surface area contributed by atoms with Crippen LogP contribution in [0.25, 0.3) is 0 Å². The van der Waals surface area contributed by atoms with E-state index in [0.717, 1.165) is 38.5 Å². The first-order valence-corrected chi connectivity index (χ1v) is 12.2. The van der Waals surface area contributed by atoms with Crippen molar-refractivity contribution in [2.24, 2.45) is 0 Å². The molecule has 2 N–H and O–H groups in total. The highest BCUT2D eigenvalue weighted by Crippen LogP contribution is 2.13. The Bertz CT molecular complexity index is 503. The molecular weight excluding hydrogens is 384 g/mol. The number of rotatable bonds is 20. The van der Waals surface area contributed by atoms with Crippen LogP contribution in [0.3, 0.4) is 0 Å². The highest BCUT2D eigenvalue weighted by molar-refractivity contribution is 7.85. The third-order valence-electron chi connectivity index (χ3n) is 4.60. The Morgan fingerprint density at radius 2 is 1.04 bits per heavy atom. The number of carboxylic acids is 1. The predicted octanol–water partition coefficient (Wildman–Crippen LogP) is 4.74. The fourth-order valence-electron chi connectivity index (χ4n) is 2.98. The van der Waals surface area contributed by atoms with Gasteiger partial charge in [0.15, 0.2) is 0 Å². The van der Waals surface area contributed by atoms with Gasteiger partial charge in [-0.3, -0.25) is 14.1 Å². The second kappa shape index (κ2) is 17.9. The summed E-state index contributed by atoms with van der Waals surface area (Å²) in [7, 11) is -3.79. The van der Waals surface area contributed by atoms with Crippen LogP contribution in [0, 0.1) is 0 Å². The summed E-state index contributed by atoms with van der Waals surface area (Å²) < 4.78 is 34.7. The molecule has 0 fully saturated rings. The zero-order chi connectivity index (χ0) is 21.1. The van der Waals surface area contributed by atoms with E-state index >= 15 is 0 Å². The lowest BCUT2D eigenvalue weighted by atomic mass is 10.0. The van der Waals surface area contributed by atoms with E-state index in [4.69, 9.17) is 14.4 Å². The van der Waals surface area contributed by atoms with E-state index in [1.54, 1.807) is 0 Å². The zero-order valence-electron chi connectivity index (χ0n) is 17.1. The normalized spacial score (nSPS) is 11.5. The van der Waals surface area contributed by atoms with Crippen molar-refractivity contribution in [3.8, 4) is 0 Å². The van der Waals surface area contributed by atoms with E-state index in [2.05, 4.69) is 0 Å². The number of carbonyl (C=O) groups is 2. The third kappa shape index (κ3) is 22.9. The predicted molar refractivity (Wildman–Crippen MR) is 109 cm³/mol. The summed E-state index contributed by atoms with van der Waals surface area (Å²) in [6.45, 7) is 0.383. The SMILES string of the molecule is O=C(O)CCC(=O)OCCCCCCCCCCCCCCCCS(=O)(=O)O. The fraction of sp³-hybridized carbons (Fsp3) is 0.900. The molecule has 0 bridgehead atoms. The van der Waals surface area contributed by atoms with E-state index < -0.39 is 22.1 Å². The van der Waals surface area contributed by atoms with Crippen molar-refractivity contribution < 1.29 is 32.4 Å². The van der Waals surface area contributed by atoms with Crippen molar-refractivity contribution in [1.82, 2.24) is 0 Å². The second-order valence-corrected chi connectivity index (χ2v) is 8.92. The van der Waals surface area contributed by atoms with Crippen LogP contribution in [0.2, 0.25) is 0 Å². The Labute approximate surface area is 170 Å². The van der Waals surface area contributed by atoms with Gasteiger partial charge in [0.1, 0.15) is 0 Å². The lowest BCUT2D eigenvalue weighted by Gasteiger charge is -2.05. The van der Waals surface area contributed by atoms with Crippen molar-refractivity contribution in [3.05, 3.63) is 0 Å². The van der Waals surface area contributed by atoms with Crippen molar-refractivity contribution in [2.45, 2.75) is 103 Å². The minimum absolute atomic E-state index is 0.0522. The van der Waals surface area contributed by atoms with E-state index in [1.807, 2.05) is 0 Å². The zero-order valence-corrected chi connectivity index (χ0v) is 17.9. The lowest BCUT2D eigenvalue weighted by Crippen LogP contribution is -2.08. The van der Waals surface area contributed by atoms with Gasteiger partial charge in [-0.25, -0.2) is 0 Å². The molecule has 8 heteroatoms. The van der Waals surface area contributed by atoms with Gasteiger partial charge in [-0.15, -0.1) is 0 Å². The number of unbranched alkanes of at least 4 members (excludes halogenated alkanes) is 13. The summed E-state index contributed by atoms with van der Waals surface area (Å²) in [5.74, 6) is -1.53. The number of hydrogen-bond donors (Lipinski definition) is 2. The van der Waals surface area contributed by atoms with Gasteiger partial charge in [0.05, 0.1) is 25.2 Å². The van der Waals surface area contributed by atoms with Gasteiger partial charge in [0.2, 0.25) is 0 Å². The molecule has 0 radical (unpaired) electrons. The summed E-state index contributed by atoms with van der Waals surface area (Å²) in [4.78, 5) is 21.5. The number of carbonyl (C=O) groups excluding carboxylic acids is 1. The van der Waals surface area contributed by atoms with E-state index in [1.165, 1.54) is 44.9 Å². The van der Waals surface area contributed by atoms with Gasteiger partial charge in [-0.05, 0) is 12.8 Å². The van der Waals surface area contributed by atoms with Crippen LogP contribution in [-0.4, -0.2) is 42.4 Å². The molecule has 0 aromatic rings. The molecule has 0 aliphatic heterocycles. The molecule has 0 aliphatic carbocycles. The fourth-order valence-corrected chi connectivity index (χ4v) is 3.54. The molecule has 28 heavy (non-hydrogen) atoms. The van der Waals surface area contributed by atoms with Crippen molar-refractivity contribution >= 4 is 22.1 Å². The molecule has 0 rings (SSSR count). The van der Waals surface area contributed by atoms with Gasteiger partial charge in [0, 0.05) is 0 Å². The summed E-state index contributed by atoms with van der Waals surface area (Å²) in [6, 6.07) is 0. The average molecular weight is 423 g/mol. The Morgan fingerprint density at radius 1 is 0.643 bits per heavy atom. The lowest BCUT2D eigenvalue weighted by molar-refractivity contribution is -0.147. The van der Waals surface area contributed by atoms with Gasteiger partial charge in [-0.2, -0.15) is 8.42 Å². The molecular formula is C20H38O7S. The molecule has 0 aliphatic rings. The van der Waals surface area contributed by atoms with Crippen LogP contribution in [0.1, 0.15) is 103 Å². The summed E-state index contributed by atoms with van der Waals surface area (Å²) in [5, 5.41) is 8.47. The Morgan fingerprint density at radius 3 is 1.43 bits per heavy atom. The molecule has 0 aromatic heterocycles. The summed E-state index contributed by atoms with van der Waals surface area (Å²) in [6.07, 6.45) is 14.9. The maximum atomic E-state index is 11.2. The standard InChI is InChI=1S/C20H38O7S/c21-19(22)15-16-20(23)27-17-13-11-9-7-5-3-1-2-4-6-8-10-12-14-18-28(24,25)26/h1-18H2,(H,21,22)(H,24,25,26). The number of hydrogen-bond acceptors (Lipinski definition) is 5. The second-order valence-electron chi connectivity index (χ2n) is 7.35. The maximum Gasteiger partial charge on any atom is 0.306 e. The first-order chi connectivity index (χ1) is 13.3. The Hall–Kier alpha value is -1.15. The van der Waals surface area contributed by atoms with E-state index in [-0.39, 0.29) is 18.6 Å². The maximum absolute atomic E-state index is 11.2. The van der Waals surface area contributed by atoms with Crippen LogP contribution in [0.5, 0.6) is 0 Å². The van der Waals surface area contributed by atoms with Crippen molar-refractivity contribution in [1.29, 1.82) is 0 Å². The largest absolute Gasteiger partial charge is 0.481 e. The monoisotopic (exact) mass is 422 g/mol. The number of aliphatic carboxylic acids is 1. The Balaban J connectivity index is 3.16. The average Bonchev–Trinajstić information content (AvgIpc) is 2.61. The molecule has 0 amide bonds. The quantitative estimate of drug-likeness (QED) is 0.165. The smallest absolute Gasteiger partial charge is 0.306 e. The van der Waals surface area contributed by atoms with Crippen LogP contribution in [-0.2, 0) is 24.4 Å². The van der Waals surface area contributed by atoms with E-state index in [0.29, 0.717) is 13.0 Å². The molecule has 0 saturated heterocycles. The molecule has 7 nitrogen and oxygen atoms in total. The van der Waals surface area contributed by atoms with Gasteiger partial charge >= 0.3 is 11.9 Å². The minimum Gasteiger partial charge on any atom is -0.481 e. The third-order valence-corrected chi connectivity index (χ3v) is 5.41. The topological polar surface area (TPSA) is 118 Å². The Kier molecular flexibility index (Phi) is 17.2. The molecule has 0 spiro atoms. The van der Waals surface area contributed by atoms with Gasteiger partial charge < -0.3 is 9.84 Å². The van der Waals surface area contributed by atoms with E-state index in [9.17, 15) is 18.0 Å². The first kappa shape index (κ1) is 26.9. The molecule has 0 heterocycles. The highest BCUT2D eigenvalue weighted by atomic mass is 32.2. The van der Waals surface area contributed by atoms with Gasteiger partial charge in [0.25, 0.3) is 10.1 Å². The van der Waals surface area contributed by atoms with Gasteiger partial charge in [-0.1, -0.05) is 77.0 Å². The van der Waals surface area contributed by atoms with Crippen LogP contribution < -0.4 is 0 Å². The molecule has 0 atom stereocenters. The van der Waals surface area contributed by atoms with Crippen LogP contribution in [0.15, 0.2) is 0 Å². The summed E-state index contributed by atoms with van der Waals surface area (Å²) in [5.41, 5.74) is 0. The van der Waals surface area contributed by atoms with Crippen LogP contribution in [0.4, 0.5) is 0 Å². The minimum atomic E-state index is -3.79. The molecule has 0 saturated carbocycles. The highest BCUT2D eigenvalue weighted by Gasteiger charge is 2.06. The molecule has 0 unspecified atom stereocenters. The number of carboxylic acid groups (broad SMARTS) is 1.